The fourth-order valence-electron chi connectivity index (χ4n) is 2.09. The minimum atomic E-state index is -0.778. The Hall–Kier alpha value is -1.57. The molecule has 0 saturated carbocycles. The first-order valence-electron chi connectivity index (χ1n) is 5.96. The number of aliphatic carboxylic acids is 1. The summed E-state index contributed by atoms with van der Waals surface area (Å²) >= 11 is 0. The topological polar surface area (TPSA) is 37.3 Å². The number of allylic oxidation sites excluding steroid dienone is 1. The summed E-state index contributed by atoms with van der Waals surface area (Å²) in [5.41, 5.74) is 1.14. The Labute approximate surface area is 103 Å². The summed E-state index contributed by atoms with van der Waals surface area (Å²) in [6, 6.07) is 9.49. The van der Waals surface area contributed by atoms with Gasteiger partial charge in [-0.05, 0) is 31.7 Å². The molecule has 0 aromatic heterocycles. The molecule has 92 valence electrons. The van der Waals surface area contributed by atoms with Crippen molar-refractivity contribution in [1.82, 2.24) is 0 Å². The lowest BCUT2D eigenvalue weighted by Gasteiger charge is -2.29. The monoisotopic (exact) mass is 232 g/mol. The van der Waals surface area contributed by atoms with E-state index in [4.69, 9.17) is 0 Å². The van der Waals surface area contributed by atoms with E-state index in [1.165, 1.54) is 0 Å². The molecule has 0 aliphatic carbocycles. The summed E-state index contributed by atoms with van der Waals surface area (Å²) in [4.78, 5) is 11.6. The van der Waals surface area contributed by atoms with Crippen LogP contribution in [-0.4, -0.2) is 11.1 Å². The van der Waals surface area contributed by atoms with Crippen LogP contribution in [0.25, 0.3) is 0 Å². The van der Waals surface area contributed by atoms with Crippen molar-refractivity contribution in [2.75, 3.05) is 0 Å². The van der Waals surface area contributed by atoms with E-state index in [0.717, 1.165) is 17.6 Å². The molecule has 1 rings (SSSR count). The van der Waals surface area contributed by atoms with E-state index in [1.54, 1.807) is 0 Å². The number of carboxylic acid groups (broad SMARTS) is 1. The average Bonchev–Trinajstić information content (AvgIpc) is 2.31. The van der Waals surface area contributed by atoms with Crippen LogP contribution in [0.4, 0.5) is 0 Å². The van der Waals surface area contributed by atoms with Crippen LogP contribution >= 0.6 is 0 Å². The van der Waals surface area contributed by atoms with Crippen LogP contribution in [0.5, 0.6) is 0 Å². The average molecular weight is 232 g/mol. The van der Waals surface area contributed by atoms with Crippen molar-refractivity contribution >= 4 is 5.97 Å². The molecule has 1 aromatic rings. The Morgan fingerprint density at radius 3 is 2.35 bits per heavy atom. The van der Waals surface area contributed by atoms with Crippen molar-refractivity contribution < 1.29 is 9.90 Å². The minimum absolute atomic E-state index is 0.597. The lowest BCUT2D eigenvalue weighted by Crippen LogP contribution is -2.35. The fourth-order valence-corrected chi connectivity index (χ4v) is 2.09. The highest BCUT2D eigenvalue weighted by atomic mass is 16.4. The normalized spacial score (nSPS) is 14.0. The predicted molar refractivity (Wildman–Crippen MR) is 70.1 cm³/mol. The van der Waals surface area contributed by atoms with Crippen LogP contribution in [0.3, 0.4) is 0 Å². The Kier molecular flexibility index (Phi) is 4.50. The van der Waals surface area contributed by atoms with Crippen molar-refractivity contribution in [3.63, 3.8) is 0 Å². The molecule has 0 saturated heterocycles. The van der Waals surface area contributed by atoms with Gasteiger partial charge in [-0.25, -0.2) is 0 Å². The number of carbonyl (C=O) groups is 1. The summed E-state index contributed by atoms with van der Waals surface area (Å²) in [7, 11) is 0. The van der Waals surface area contributed by atoms with E-state index in [1.807, 2.05) is 44.2 Å². The van der Waals surface area contributed by atoms with E-state index in [2.05, 4.69) is 6.58 Å². The van der Waals surface area contributed by atoms with Gasteiger partial charge >= 0.3 is 5.97 Å². The molecule has 0 radical (unpaired) electrons. The molecule has 0 bridgehead atoms. The lowest BCUT2D eigenvalue weighted by atomic mass is 9.74. The van der Waals surface area contributed by atoms with Gasteiger partial charge in [0.05, 0.1) is 5.41 Å². The van der Waals surface area contributed by atoms with Crippen LogP contribution in [0, 0.1) is 0 Å². The maximum absolute atomic E-state index is 11.6. The Morgan fingerprint density at radius 2 is 1.94 bits per heavy atom. The van der Waals surface area contributed by atoms with Crippen LogP contribution in [0.2, 0.25) is 0 Å². The maximum atomic E-state index is 11.6. The molecule has 2 heteroatoms. The van der Waals surface area contributed by atoms with Crippen molar-refractivity contribution in [1.29, 1.82) is 0 Å². The predicted octanol–water partition coefficient (Wildman–Crippen LogP) is 3.78. The quantitative estimate of drug-likeness (QED) is 0.758. The zero-order valence-electron chi connectivity index (χ0n) is 10.6. The van der Waals surface area contributed by atoms with Gasteiger partial charge in [0.2, 0.25) is 0 Å². The molecule has 0 amide bonds. The smallest absolute Gasteiger partial charge is 0.314 e. The molecule has 0 fully saturated rings. The van der Waals surface area contributed by atoms with Gasteiger partial charge in [0, 0.05) is 0 Å². The summed E-state index contributed by atoms with van der Waals surface area (Å²) in [5, 5.41) is 9.56. The molecule has 0 heterocycles. The minimum Gasteiger partial charge on any atom is -0.481 e. The number of carboxylic acids is 1. The van der Waals surface area contributed by atoms with Crippen LogP contribution in [0.1, 0.15) is 38.7 Å². The standard InChI is InChI=1S/C15H20O2/c1-4-15(14(16)17,11-10-12(2)3)13-8-6-5-7-9-13/h5-9H,2,4,10-11H2,1,3H3,(H,16,17). The molecule has 0 aliphatic rings. The highest BCUT2D eigenvalue weighted by molar-refractivity contribution is 5.81. The van der Waals surface area contributed by atoms with Crippen molar-refractivity contribution in [2.24, 2.45) is 0 Å². The zero-order chi connectivity index (χ0) is 12.9. The van der Waals surface area contributed by atoms with E-state index in [0.29, 0.717) is 12.8 Å². The van der Waals surface area contributed by atoms with E-state index >= 15 is 0 Å². The van der Waals surface area contributed by atoms with Gasteiger partial charge in [-0.1, -0.05) is 42.8 Å². The van der Waals surface area contributed by atoms with Gasteiger partial charge in [-0.3, -0.25) is 4.79 Å². The highest BCUT2D eigenvalue weighted by Gasteiger charge is 2.37. The second-order valence-electron chi connectivity index (χ2n) is 4.56. The van der Waals surface area contributed by atoms with Gasteiger partial charge in [0.1, 0.15) is 0 Å². The number of hydrogen-bond donors (Lipinski definition) is 1. The van der Waals surface area contributed by atoms with Crippen molar-refractivity contribution in [3.8, 4) is 0 Å². The molecule has 0 aliphatic heterocycles. The van der Waals surface area contributed by atoms with Gasteiger partial charge in [0.15, 0.2) is 0 Å². The summed E-state index contributed by atoms with van der Waals surface area (Å²) in [6.07, 6.45) is 1.95. The number of rotatable bonds is 6. The molecule has 1 unspecified atom stereocenters. The van der Waals surface area contributed by atoms with Crippen molar-refractivity contribution in [2.45, 2.75) is 38.5 Å². The summed E-state index contributed by atoms with van der Waals surface area (Å²) in [5.74, 6) is -0.743. The fraction of sp³-hybridized carbons (Fsp3) is 0.400. The molecular formula is C15H20O2. The largest absolute Gasteiger partial charge is 0.481 e. The van der Waals surface area contributed by atoms with Gasteiger partial charge < -0.3 is 5.11 Å². The molecule has 1 atom stereocenters. The Bertz CT molecular complexity index is 395. The summed E-state index contributed by atoms with van der Waals surface area (Å²) < 4.78 is 0. The SMILES string of the molecule is C=C(C)CCC(CC)(C(=O)O)c1ccccc1. The molecule has 2 nitrogen and oxygen atoms in total. The third-order valence-corrected chi connectivity index (χ3v) is 3.32. The first kappa shape index (κ1) is 13.5. The highest BCUT2D eigenvalue weighted by Crippen LogP contribution is 2.34. The van der Waals surface area contributed by atoms with Crippen LogP contribution in [0.15, 0.2) is 42.5 Å². The van der Waals surface area contributed by atoms with Gasteiger partial charge in [-0.15, -0.1) is 6.58 Å². The Balaban J connectivity index is 3.09. The third-order valence-electron chi connectivity index (χ3n) is 3.32. The second kappa shape index (κ2) is 5.67. The number of benzene rings is 1. The molecular weight excluding hydrogens is 212 g/mol. The Morgan fingerprint density at radius 1 is 1.35 bits per heavy atom. The van der Waals surface area contributed by atoms with Gasteiger partial charge in [-0.2, -0.15) is 0 Å². The number of hydrogen-bond acceptors (Lipinski definition) is 1. The lowest BCUT2D eigenvalue weighted by molar-refractivity contribution is -0.144. The maximum Gasteiger partial charge on any atom is 0.314 e. The van der Waals surface area contributed by atoms with Gasteiger partial charge in [0.25, 0.3) is 0 Å². The molecule has 1 aromatic carbocycles. The molecule has 1 N–H and O–H groups in total. The first-order chi connectivity index (χ1) is 8.03. The molecule has 0 spiro atoms. The van der Waals surface area contributed by atoms with Crippen LogP contribution in [-0.2, 0) is 10.2 Å². The first-order valence-corrected chi connectivity index (χ1v) is 5.96. The van der Waals surface area contributed by atoms with E-state index in [-0.39, 0.29) is 0 Å². The van der Waals surface area contributed by atoms with E-state index < -0.39 is 11.4 Å². The van der Waals surface area contributed by atoms with Crippen LogP contribution < -0.4 is 0 Å². The second-order valence-corrected chi connectivity index (χ2v) is 4.56. The summed E-state index contributed by atoms with van der Waals surface area (Å²) in [6.45, 7) is 7.72. The third kappa shape index (κ3) is 2.96. The zero-order valence-corrected chi connectivity index (χ0v) is 10.6. The van der Waals surface area contributed by atoms with Crippen molar-refractivity contribution in [3.05, 3.63) is 48.0 Å². The molecule has 17 heavy (non-hydrogen) atoms. The van der Waals surface area contributed by atoms with E-state index in [9.17, 15) is 9.90 Å².